The van der Waals surface area contributed by atoms with Crippen LogP contribution in [0.3, 0.4) is 0 Å². The van der Waals surface area contributed by atoms with Crippen molar-refractivity contribution in [1.82, 2.24) is 5.32 Å². The molecule has 0 aliphatic carbocycles. The summed E-state index contributed by atoms with van der Waals surface area (Å²) < 4.78 is 33.5. The van der Waals surface area contributed by atoms with E-state index in [0.29, 0.717) is 0 Å². The Hall–Kier alpha value is -3.14. The van der Waals surface area contributed by atoms with E-state index in [-0.39, 0.29) is 35.9 Å². The number of allylic oxidation sites excluding steroid dienone is 1. The number of hydrogen-bond donors (Lipinski definition) is 3. The number of rotatable bonds is 7. The number of aliphatic imine (C=N–C) groups is 1. The van der Waals surface area contributed by atoms with Crippen LogP contribution in [0.25, 0.3) is 0 Å². The van der Waals surface area contributed by atoms with Crippen molar-refractivity contribution >= 4 is 29.3 Å². The highest BCUT2D eigenvalue weighted by Gasteiger charge is 2.21. The Labute approximate surface area is 200 Å². The second-order valence-corrected chi connectivity index (χ2v) is 9.07. The smallest absolute Gasteiger partial charge is 0.324 e. The molecule has 190 valence electrons. The van der Waals surface area contributed by atoms with E-state index in [9.17, 15) is 23.2 Å². The van der Waals surface area contributed by atoms with Crippen molar-refractivity contribution < 1.29 is 27.9 Å². The van der Waals surface area contributed by atoms with Crippen LogP contribution >= 0.6 is 0 Å². The van der Waals surface area contributed by atoms with Gasteiger partial charge in [-0.2, -0.15) is 0 Å². The van der Waals surface area contributed by atoms with Crippen molar-refractivity contribution in [3.05, 3.63) is 42.0 Å². The number of nitrogens with two attached hydrogens (primary N) is 1. The van der Waals surface area contributed by atoms with Gasteiger partial charge in [0.05, 0.1) is 0 Å². The van der Waals surface area contributed by atoms with E-state index >= 15 is 0 Å². The van der Waals surface area contributed by atoms with E-state index < -0.39 is 41.1 Å². The topological polar surface area (TPSA) is 123 Å². The summed E-state index contributed by atoms with van der Waals surface area (Å²) in [6.07, 6.45) is 1.82. The molecule has 4 N–H and O–H groups in total. The lowest BCUT2D eigenvalue weighted by atomic mass is 9.92. The highest BCUT2D eigenvalue weighted by molar-refractivity contribution is 6.06. The summed E-state index contributed by atoms with van der Waals surface area (Å²) in [6.45, 7) is 15.3. The maximum atomic E-state index is 14.3. The van der Waals surface area contributed by atoms with Gasteiger partial charge in [-0.1, -0.05) is 40.7 Å². The van der Waals surface area contributed by atoms with Crippen LogP contribution in [0.15, 0.2) is 29.8 Å². The highest BCUT2D eigenvalue weighted by Crippen LogP contribution is 2.24. The van der Waals surface area contributed by atoms with Crippen LogP contribution in [0, 0.1) is 23.0 Å². The molecule has 1 aromatic carbocycles. The summed E-state index contributed by atoms with van der Waals surface area (Å²) in [6, 6.07) is 0.818. The summed E-state index contributed by atoms with van der Waals surface area (Å²) in [5.41, 5.74) is 4.36. The number of amides is 2. The molecule has 0 saturated heterocycles. The molecule has 0 aliphatic heterocycles. The molecule has 2 amide bonds. The Morgan fingerprint density at radius 3 is 2.15 bits per heavy atom. The minimum atomic E-state index is -1.08. The maximum Gasteiger partial charge on any atom is 0.324 e. The first-order valence-electron chi connectivity index (χ1n) is 10.7. The summed E-state index contributed by atoms with van der Waals surface area (Å²) >= 11 is 0. The Balaban J connectivity index is 0.00000343. The predicted octanol–water partition coefficient (Wildman–Crippen LogP) is 4.16. The van der Waals surface area contributed by atoms with Crippen LogP contribution in [0.1, 0.15) is 65.2 Å². The van der Waals surface area contributed by atoms with Crippen LogP contribution in [0.2, 0.25) is 0 Å². The zero-order valence-corrected chi connectivity index (χ0v) is 20.9. The highest BCUT2D eigenvalue weighted by atomic mass is 19.1. The number of benzene rings is 1. The molecule has 0 heterocycles. The van der Waals surface area contributed by atoms with Crippen molar-refractivity contribution in [2.45, 2.75) is 60.9 Å². The molecule has 8 nitrogen and oxygen atoms in total. The minimum Gasteiger partial charge on any atom is -0.441 e. The van der Waals surface area contributed by atoms with Gasteiger partial charge in [-0.05, 0) is 37.3 Å². The standard InChI is InChI=1S/C21H30F2N4O4.C3H6/c1-11(2)17(24)20(30)31-10-25-12(3)26-19(29)13-7-14(22)18(15(23)8-13)27-16(28)9-21(4,5)6;1-3-2/h7-8,11,17H,9-10,24H2,1-6H3,(H,27,28)(H,25,26,29);3H,1H2,2H3. The van der Waals surface area contributed by atoms with E-state index in [0.717, 1.165) is 12.1 Å². The number of carbonyl (C=O) groups is 3. The lowest BCUT2D eigenvalue weighted by Crippen LogP contribution is -2.37. The molecule has 0 radical (unpaired) electrons. The fourth-order valence-corrected chi connectivity index (χ4v) is 2.33. The number of ether oxygens (including phenoxy) is 1. The Morgan fingerprint density at radius 2 is 1.71 bits per heavy atom. The van der Waals surface area contributed by atoms with E-state index in [2.05, 4.69) is 22.2 Å². The molecule has 34 heavy (non-hydrogen) atoms. The maximum absolute atomic E-state index is 14.3. The van der Waals surface area contributed by atoms with Crippen molar-refractivity contribution in [2.75, 3.05) is 12.0 Å². The second kappa shape index (κ2) is 14.2. The Kier molecular flexibility index (Phi) is 12.9. The predicted molar refractivity (Wildman–Crippen MR) is 129 cm³/mol. The molecule has 0 aliphatic rings. The SMILES string of the molecule is C/C(=N/COC(=O)C(N)C(C)C)NC(=O)c1cc(F)c(NC(=O)CC(C)(C)C)c(F)c1.C=CC. The number of esters is 1. The first-order chi connectivity index (χ1) is 15.6. The van der Waals surface area contributed by atoms with E-state index in [1.807, 2.05) is 27.7 Å². The fourth-order valence-electron chi connectivity index (χ4n) is 2.33. The zero-order valence-electron chi connectivity index (χ0n) is 20.9. The lowest BCUT2D eigenvalue weighted by Gasteiger charge is -2.18. The van der Waals surface area contributed by atoms with Crippen molar-refractivity contribution in [2.24, 2.45) is 22.1 Å². The summed E-state index contributed by atoms with van der Waals surface area (Å²) in [4.78, 5) is 39.7. The zero-order chi connectivity index (χ0) is 26.6. The van der Waals surface area contributed by atoms with E-state index in [4.69, 9.17) is 10.5 Å². The second-order valence-electron chi connectivity index (χ2n) is 9.07. The van der Waals surface area contributed by atoms with Gasteiger partial charge in [0.25, 0.3) is 5.91 Å². The van der Waals surface area contributed by atoms with E-state index in [1.165, 1.54) is 6.92 Å². The van der Waals surface area contributed by atoms with Crippen LogP contribution < -0.4 is 16.4 Å². The molecule has 0 aromatic heterocycles. The Morgan fingerprint density at radius 1 is 1.21 bits per heavy atom. The summed E-state index contributed by atoms with van der Waals surface area (Å²) in [5, 5.41) is 4.53. The first kappa shape index (κ1) is 30.9. The minimum absolute atomic E-state index is 0.0659. The van der Waals surface area contributed by atoms with Gasteiger partial charge in [0.1, 0.15) is 17.6 Å². The number of hydrogen-bond acceptors (Lipinski definition) is 6. The summed E-state index contributed by atoms with van der Waals surface area (Å²) in [7, 11) is 0. The third-order valence-corrected chi connectivity index (χ3v) is 4.05. The number of carbonyl (C=O) groups excluding carboxylic acids is 3. The molecule has 1 rings (SSSR count). The van der Waals surface area contributed by atoms with E-state index in [1.54, 1.807) is 19.9 Å². The van der Waals surface area contributed by atoms with Gasteiger partial charge in [-0.25, -0.2) is 13.8 Å². The van der Waals surface area contributed by atoms with Gasteiger partial charge in [0.15, 0.2) is 18.4 Å². The van der Waals surface area contributed by atoms with Crippen molar-refractivity contribution in [3.8, 4) is 0 Å². The molecule has 0 saturated carbocycles. The molecular formula is C24H36F2N4O4. The monoisotopic (exact) mass is 482 g/mol. The van der Waals surface area contributed by atoms with Gasteiger partial charge in [-0.15, -0.1) is 6.58 Å². The van der Waals surface area contributed by atoms with Gasteiger partial charge >= 0.3 is 5.97 Å². The largest absolute Gasteiger partial charge is 0.441 e. The fraction of sp³-hybridized carbons (Fsp3) is 0.500. The molecule has 0 fully saturated rings. The number of halogens is 2. The number of nitrogens with zero attached hydrogens (tertiary/aromatic N) is 1. The van der Waals surface area contributed by atoms with Crippen LogP contribution in [-0.2, 0) is 14.3 Å². The first-order valence-corrected chi connectivity index (χ1v) is 10.7. The molecular weight excluding hydrogens is 446 g/mol. The van der Waals surface area contributed by atoms with Gasteiger partial charge in [0, 0.05) is 12.0 Å². The summed E-state index contributed by atoms with van der Waals surface area (Å²) in [5.74, 6) is -4.21. The quantitative estimate of drug-likeness (QED) is 0.233. The number of nitrogens with one attached hydrogen (secondary N) is 2. The molecule has 1 aromatic rings. The molecule has 0 spiro atoms. The molecule has 10 heteroatoms. The van der Waals surface area contributed by atoms with Crippen molar-refractivity contribution in [3.63, 3.8) is 0 Å². The lowest BCUT2D eigenvalue weighted by molar-refractivity contribution is -0.146. The van der Waals surface area contributed by atoms with Crippen LogP contribution in [0.5, 0.6) is 0 Å². The van der Waals surface area contributed by atoms with Crippen LogP contribution in [0.4, 0.5) is 14.5 Å². The molecule has 0 bridgehead atoms. The van der Waals surface area contributed by atoms with Gasteiger partial charge in [0.2, 0.25) is 5.91 Å². The number of anilines is 1. The van der Waals surface area contributed by atoms with Crippen molar-refractivity contribution in [1.29, 1.82) is 0 Å². The van der Waals surface area contributed by atoms with Crippen LogP contribution in [-0.4, -0.2) is 36.4 Å². The molecule has 1 unspecified atom stereocenters. The average molecular weight is 483 g/mol. The van der Waals surface area contributed by atoms with Gasteiger partial charge < -0.3 is 21.1 Å². The normalized spacial score (nSPS) is 12.3. The number of amidine groups is 1. The third kappa shape index (κ3) is 11.6. The van der Waals surface area contributed by atoms with Gasteiger partial charge in [-0.3, -0.25) is 14.4 Å². The third-order valence-electron chi connectivity index (χ3n) is 4.05. The molecule has 1 atom stereocenters. The average Bonchev–Trinajstić information content (AvgIpc) is 2.68. The Bertz CT molecular complexity index is 886.